The Morgan fingerprint density at radius 3 is 2.25 bits per heavy atom. The number of hydrogen-bond donors (Lipinski definition) is 2. The van der Waals surface area contributed by atoms with Crippen LogP contribution in [-0.2, 0) is 17.1 Å². The molecule has 0 aliphatic rings. The number of sulfonamides is 1. The van der Waals surface area contributed by atoms with Crippen molar-refractivity contribution in [3.05, 3.63) is 40.9 Å². The average molecular weight is 425 g/mol. The Balaban J connectivity index is 0.00000200. The first kappa shape index (κ1) is 17.3. The second-order valence-electron chi connectivity index (χ2n) is 4.28. The predicted molar refractivity (Wildman–Crippen MR) is 75.4 cm³/mol. The molecular weight excluding hydrogens is 409 g/mol. The number of aryl methyl sites for hydroxylation is 2. The highest BCUT2D eigenvalue weighted by Gasteiger charge is 2.18. The molecule has 1 aromatic heterocycles. The summed E-state index contributed by atoms with van der Waals surface area (Å²) < 4.78 is 26.0. The molecule has 1 heterocycles. The van der Waals surface area contributed by atoms with Gasteiger partial charge in [-0.25, -0.2) is 13.0 Å². The maximum Gasteiger partial charge on any atom is 0.352 e. The van der Waals surface area contributed by atoms with Crippen molar-refractivity contribution < 1.29 is 37.0 Å². The Morgan fingerprint density at radius 2 is 1.75 bits per heavy atom. The van der Waals surface area contributed by atoms with Gasteiger partial charge in [0.25, 0.3) is 10.0 Å². The Bertz CT molecular complexity index is 681. The average Bonchev–Trinajstić information content (AvgIpc) is 2.68. The van der Waals surface area contributed by atoms with Gasteiger partial charge in [0.2, 0.25) is 0 Å². The van der Waals surface area contributed by atoms with E-state index in [0.717, 1.165) is 16.4 Å². The molecule has 2 N–H and O–H groups in total. The van der Waals surface area contributed by atoms with Gasteiger partial charge in [-0.1, -0.05) is 29.0 Å². The van der Waals surface area contributed by atoms with Crippen LogP contribution in [-0.4, -0.2) is 8.42 Å². The van der Waals surface area contributed by atoms with Gasteiger partial charge in [-0.15, -0.1) is 0 Å². The lowest BCUT2D eigenvalue weighted by Crippen LogP contribution is -3.00. The molecule has 0 aliphatic heterocycles. The van der Waals surface area contributed by atoms with E-state index >= 15 is 0 Å². The molecule has 0 saturated carbocycles. The van der Waals surface area contributed by atoms with Crippen LogP contribution < -0.4 is 38.8 Å². The van der Waals surface area contributed by atoms with Gasteiger partial charge >= 0.3 is 5.13 Å². The van der Waals surface area contributed by atoms with Crippen LogP contribution in [0.25, 0.3) is 0 Å². The molecule has 1 aromatic carbocycles. The molecule has 0 atom stereocenters. The second kappa shape index (κ2) is 6.83. The van der Waals surface area contributed by atoms with E-state index in [1.165, 1.54) is 11.3 Å². The molecule has 0 fully saturated rings. The minimum atomic E-state index is -3.55. The number of nitrogens with zero attached hydrogens (tertiary/aromatic N) is 1. The first-order chi connectivity index (χ1) is 8.90. The first-order valence-corrected chi connectivity index (χ1v) is 8.05. The summed E-state index contributed by atoms with van der Waals surface area (Å²) in [5.41, 5.74) is 4.81. The highest BCUT2D eigenvalue weighted by atomic mass is 127. The SMILES string of the molecule is Cc1ccc(S(=O)(=O)NNc2scc(C)[n+]2C)cc1.[I-]. The molecule has 2 rings (SSSR count). The molecule has 20 heavy (non-hydrogen) atoms. The number of benzene rings is 1. The van der Waals surface area contributed by atoms with Crippen LogP contribution in [0.5, 0.6) is 0 Å². The number of anilines is 1. The zero-order valence-corrected chi connectivity index (χ0v) is 15.1. The van der Waals surface area contributed by atoms with E-state index in [4.69, 9.17) is 0 Å². The number of hydrazine groups is 1. The van der Waals surface area contributed by atoms with Crippen molar-refractivity contribution in [3.8, 4) is 0 Å². The third kappa shape index (κ3) is 3.90. The van der Waals surface area contributed by atoms with E-state index < -0.39 is 10.0 Å². The summed E-state index contributed by atoms with van der Waals surface area (Å²) >= 11 is 1.44. The fraction of sp³-hybridized carbons (Fsp3) is 0.250. The lowest BCUT2D eigenvalue weighted by molar-refractivity contribution is -0.659. The van der Waals surface area contributed by atoms with E-state index in [-0.39, 0.29) is 28.9 Å². The number of halogens is 1. The van der Waals surface area contributed by atoms with Crippen LogP contribution in [0.3, 0.4) is 0 Å². The number of rotatable bonds is 4. The Labute approximate surface area is 140 Å². The third-order valence-electron chi connectivity index (χ3n) is 2.80. The van der Waals surface area contributed by atoms with Crippen LogP contribution in [0, 0.1) is 13.8 Å². The molecule has 0 amide bonds. The van der Waals surface area contributed by atoms with Crippen molar-refractivity contribution in [1.29, 1.82) is 0 Å². The van der Waals surface area contributed by atoms with Crippen molar-refractivity contribution in [2.75, 3.05) is 5.43 Å². The van der Waals surface area contributed by atoms with E-state index in [9.17, 15) is 8.42 Å². The fourth-order valence-corrected chi connectivity index (χ4v) is 3.22. The zero-order valence-electron chi connectivity index (χ0n) is 11.3. The molecule has 0 spiro atoms. The highest BCUT2D eigenvalue weighted by Crippen LogP contribution is 2.13. The molecular formula is C12H16IN3O2S2. The zero-order chi connectivity index (χ0) is 14.0. The summed E-state index contributed by atoms with van der Waals surface area (Å²) in [6.45, 7) is 3.87. The van der Waals surface area contributed by atoms with Gasteiger partial charge in [0.15, 0.2) is 0 Å². The van der Waals surface area contributed by atoms with Gasteiger partial charge in [0.1, 0.15) is 5.69 Å². The molecule has 0 bridgehead atoms. The topological polar surface area (TPSA) is 62.1 Å². The lowest BCUT2D eigenvalue weighted by atomic mass is 10.2. The molecule has 110 valence electrons. The first-order valence-electron chi connectivity index (χ1n) is 5.69. The Kier molecular flexibility index (Phi) is 5.92. The third-order valence-corrected chi connectivity index (χ3v) is 5.12. The quantitative estimate of drug-likeness (QED) is 0.356. The van der Waals surface area contributed by atoms with Gasteiger partial charge in [0, 0.05) is 5.38 Å². The lowest BCUT2D eigenvalue weighted by Gasteiger charge is -2.04. The predicted octanol–water partition coefficient (Wildman–Crippen LogP) is -1.50. The van der Waals surface area contributed by atoms with Crippen molar-refractivity contribution in [3.63, 3.8) is 0 Å². The van der Waals surface area contributed by atoms with E-state index in [2.05, 4.69) is 10.3 Å². The molecule has 5 nitrogen and oxygen atoms in total. The highest BCUT2D eigenvalue weighted by molar-refractivity contribution is 7.89. The maximum absolute atomic E-state index is 12.1. The minimum Gasteiger partial charge on any atom is -1.00 e. The summed E-state index contributed by atoms with van der Waals surface area (Å²) in [6.07, 6.45) is 0. The second-order valence-corrected chi connectivity index (χ2v) is 6.83. The normalized spacial score (nSPS) is 10.9. The van der Waals surface area contributed by atoms with E-state index in [0.29, 0.717) is 0 Å². The van der Waals surface area contributed by atoms with Crippen LogP contribution in [0.4, 0.5) is 5.13 Å². The van der Waals surface area contributed by atoms with Crippen LogP contribution in [0.2, 0.25) is 0 Å². The van der Waals surface area contributed by atoms with Crippen molar-refractivity contribution in [1.82, 2.24) is 4.83 Å². The van der Waals surface area contributed by atoms with Gasteiger partial charge in [-0.05, 0) is 30.8 Å². The van der Waals surface area contributed by atoms with Crippen LogP contribution in [0.15, 0.2) is 34.5 Å². The minimum absolute atomic E-state index is 0. The summed E-state index contributed by atoms with van der Waals surface area (Å²) in [4.78, 5) is 2.61. The van der Waals surface area contributed by atoms with Gasteiger partial charge in [-0.2, -0.15) is 5.43 Å². The Morgan fingerprint density at radius 1 is 1.15 bits per heavy atom. The fourth-order valence-electron chi connectivity index (χ4n) is 1.46. The number of thiazole rings is 1. The molecule has 0 unspecified atom stereocenters. The number of hydrogen-bond acceptors (Lipinski definition) is 4. The number of nitrogens with one attached hydrogen (secondary N) is 2. The van der Waals surface area contributed by atoms with E-state index in [1.807, 2.05) is 30.8 Å². The number of aromatic nitrogens is 1. The maximum atomic E-state index is 12.1. The smallest absolute Gasteiger partial charge is 0.352 e. The summed E-state index contributed by atoms with van der Waals surface area (Å²) in [6, 6.07) is 6.70. The van der Waals surface area contributed by atoms with Gasteiger partial charge < -0.3 is 24.0 Å². The summed E-state index contributed by atoms with van der Waals surface area (Å²) in [7, 11) is -1.68. The Hall–Kier alpha value is -0.710. The molecule has 0 aliphatic carbocycles. The largest absolute Gasteiger partial charge is 1.00 e. The van der Waals surface area contributed by atoms with Crippen LogP contribution in [0.1, 0.15) is 11.3 Å². The van der Waals surface area contributed by atoms with Crippen LogP contribution >= 0.6 is 11.3 Å². The van der Waals surface area contributed by atoms with Gasteiger partial charge in [-0.3, -0.25) is 0 Å². The summed E-state index contributed by atoms with van der Waals surface area (Å²) in [5, 5.41) is 2.68. The van der Waals surface area contributed by atoms with Gasteiger partial charge in [0.05, 0.1) is 11.9 Å². The molecule has 8 heteroatoms. The standard InChI is InChI=1S/C12H15N3O2S2.HI/c1-9-4-6-11(7-5-9)19(16,17)14-13-12-15(3)10(2)8-18-12;/h4-8,14H,1-3H3;1H. The molecule has 0 radical (unpaired) electrons. The van der Waals surface area contributed by atoms with Crippen molar-refractivity contribution in [2.45, 2.75) is 18.7 Å². The molecule has 2 aromatic rings. The monoisotopic (exact) mass is 425 g/mol. The molecule has 0 saturated heterocycles. The van der Waals surface area contributed by atoms with E-state index in [1.54, 1.807) is 24.3 Å². The van der Waals surface area contributed by atoms with Crippen molar-refractivity contribution in [2.24, 2.45) is 7.05 Å². The summed E-state index contributed by atoms with van der Waals surface area (Å²) in [5.74, 6) is 0. The van der Waals surface area contributed by atoms with Crippen molar-refractivity contribution >= 4 is 26.5 Å².